The normalized spacial score (nSPS) is 11.6. The van der Waals surface area contributed by atoms with E-state index in [1.165, 1.54) is 18.2 Å². The molecule has 5 nitrogen and oxygen atoms in total. The molecule has 0 aliphatic heterocycles. The Bertz CT molecular complexity index is 814. The lowest BCUT2D eigenvalue weighted by Gasteiger charge is -2.10. The molecule has 0 atom stereocenters. The number of hydrogen-bond acceptors (Lipinski definition) is 3. The quantitative estimate of drug-likeness (QED) is 0.786. The van der Waals surface area contributed by atoms with Crippen molar-refractivity contribution in [3.05, 3.63) is 64.3 Å². The number of hydrogen-bond donors (Lipinski definition) is 1. The van der Waals surface area contributed by atoms with Gasteiger partial charge in [-0.1, -0.05) is 6.07 Å². The van der Waals surface area contributed by atoms with Crippen molar-refractivity contribution in [3.8, 4) is 0 Å². The fourth-order valence-electron chi connectivity index (χ4n) is 2.21. The van der Waals surface area contributed by atoms with Crippen LogP contribution >= 0.6 is 0 Å². The first-order valence-electron chi connectivity index (χ1n) is 7.32. The van der Waals surface area contributed by atoms with Gasteiger partial charge in [0.1, 0.15) is 5.82 Å². The van der Waals surface area contributed by atoms with Gasteiger partial charge in [0.15, 0.2) is 0 Å². The minimum atomic E-state index is -3.62. The lowest BCUT2D eigenvalue weighted by Crippen LogP contribution is -2.26. The number of pyridine rings is 1. The fourth-order valence-corrected chi connectivity index (χ4v) is 3.28. The number of aryl methyl sites for hydroxylation is 1. The molecule has 0 fully saturated rings. The van der Waals surface area contributed by atoms with Gasteiger partial charge in [-0.3, -0.25) is 4.79 Å². The van der Waals surface area contributed by atoms with Gasteiger partial charge in [0.2, 0.25) is 10.0 Å². The Morgan fingerprint density at radius 3 is 2.43 bits per heavy atom. The van der Waals surface area contributed by atoms with Crippen LogP contribution in [0.2, 0.25) is 0 Å². The van der Waals surface area contributed by atoms with Crippen LogP contribution in [0.15, 0.2) is 52.2 Å². The highest BCUT2D eigenvalue weighted by Crippen LogP contribution is 2.09. The second-order valence-corrected chi connectivity index (χ2v) is 6.98. The summed E-state index contributed by atoms with van der Waals surface area (Å²) in [6.07, 6.45) is 1.28. The number of unbranched alkanes of at least 4 members (excludes halogenated alkanes) is 1. The number of rotatable bonds is 7. The van der Waals surface area contributed by atoms with Gasteiger partial charge in [-0.15, -0.1) is 0 Å². The molecule has 1 N–H and O–H groups in total. The molecule has 0 aliphatic carbocycles. The van der Waals surface area contributed by atoms with E-state index in [2.05, 4.69) is 4.72 Å². The maximum Gasteiger partial charge on any atom is 0.250 e. The van der Waals surface area contributed by atoms with Crippen LogP contribution in [-0.2, 0) is 16.6 Å². The van der Waals surface area contributed by atoms with Crippen molar-refractivity contribution in [2.75, 3.05) is 6.54 Å². The number of nitrogens with zero attached hydrogens (tertiary/aromatic N) is 1. The average molecular weight is 338 g/mol. The number of benzene rings is 1. The van der Waals surface area contributed by atoms with Crippen molar-refractivity contribution in [2.45, 2.75) is 31.2 Å². The third-order valence-electron chi connectivity index (χ3n) is 3.49. The zero-order valence-electron chi connectivity index (χ0n) is 12.8. The van der Waals surface area contributed by atoms with Crippen molar-refractivity contribution < 1.29 is 12.8 Å². The molecule has 2 rings (SSSR count). The Balaban J connectivity index is 1.83. The van der Waals surface area contributed by atoms with Gasteiger partial charge in [0.05, 0.1) is 4.90 Å². The number of aromatic nitrogens is 1. The molecule has 124 valence electrons. The summed E-state index contributed by atoms with van der Waals surface area (Å²) >= 11 is 0. The topological polar surface area (TPSA) is 68.2 Å². The maximum atomic E-state index is 12.8. The summed E-state index contributed by atoms with van der Waals surface area (Å²) in [6.45, 7) is 2.67. The number of halogens is 1. The van der Waals surface area contributed by atoms with E-state index < -0.39 is 15.8 Å². The van der Waals surface area contributed by atoms with E-state index in [0.29, 0.717) is 19.4 Å². The second kappa shape index (κ2) is 7.52. The third kappa shape index (κ3) is 4.74. The molecule has 1 heterocycles. The van der Waals surface area contributed by atoms with Crippen molar-refractivity contribution in [1.29, 1.82) is 0 Å². The highest BCUT2D eigenvalue weighted by molar-refractivity contribution is 7.89. The van der Waals surface area contributed by atoms with E-state index in [9.17, 15) is 17.6 Å². The highest BCUT2D eigenvalue weighted by Gasteiger charge is 2.12. The average Bonchev–Trinajstić information content (AvgIpc) is 2.50. The molecule has 0 saturated heterocycles. The summed E-state index contributed by atoms with van der Waals surface area (Å²) in [7, 11) is -3.62. The predicted molar refractivity (Wildman–Crippen MR) is 86.3 cm³/mol. The van der Waals surface area contributed by atoms with Gasteiger partial charge in [-0.25, -0.2) is 17.5 Å². The van der Waals surface area contributed by atoms with Crippen LogP contribution in [0, 0.1) is 12.7 Å². The van der Waals surface area contributed by atoms with Crippen LogP contribution in [0.3, 0.4) is 0 Å². The number of nitrogens with one attached hydrogen (secondary N) is 1. The first-order chi connectivity index (χ1) is 10.9. The van der Waals surface area contributed by atoms with Gasteiger partial charge in [0.25, 0.3) is 5.56 Å². The molecule has 0 radical (unpaired) electrons. The van der Waals surface area contributed by atoms with Crippen LogP contribution in [0.25, 0.3) is 0 Å². The minimum absolute atomic E-state index is 0.0361. The molecular weight excluding hydrogens is 319 g/mol. The van der Waals surface area contributed by atoms with Crippen molar-refractivity contribution in [3.63, 3.8) is 0 Å². The predicted octanol–water partition coefficient (Wildman–Crippen LogP) is 2.05. The van der Waals surface area contributed by atoms with E-state index >= 15 is 0 Å². The van der Waals surface area contributed by atoms with Crippen LogP contribution < -0.4 is 10.3 Å². The molecule has 1 aromatic carbocycles. The largest absolute Gasteiger partial charge is 0.313 e. The fraction of sp³-hybridized carbons (Fsp3) is 0.312. The zero-order chi connectivity index (χ0) is 16.9. The summed E-state index contributed by atoms with van der Waals surface area (Å²) in [5.41, 5.74) is 0.821. The molecule has 0 bridgehead atoms. The first kappa shape index (κ1) is 17.4. The smallest absolute Gasteiger partial charge is 0.250 e. The second-order valence-electron chi connectivity index (χ2n) is 5.22. The SMILES string of the molecule is Cc1cccc(=O)n1CCCCNS(=O)(=O)c1ccc(F)cc1. The highest BCUT2D eigenvalue weighted by atomic mass is 32.2. The number of sulfonamides is 1. The van der Waals surface area contributed by atoms with Crippen LogP contribution in [0.1, 0.15) is 18.5 Å². The summed E-state index contributed by atoms with van der Waals surface area (Å²) < 4.78 is 40.9. The monoisotopic (exact) mass is 338 g/mol. The lowest BCUT2D eigenvalue weighted by atomic mass is 10.3. The molecule has 0 spiro atoms. The van der Waals surface area contributed by atoms with Gasteiger partial charge in [-0.2, -0.15) is 0 Å². The molecule has 0 unspecified atom stereocenters. The van der Waals surface area contributed by atoms with Crippen molar-refractivity contribution in [1.82, 2.24) is 9.29 Å². The van der Waals surface area contributed by atoms with Crippen molar-refractivity contribution in [2.24, 2.45) is 0 Å². The Labute approximate surface area is 134 Å². The van der Waals surface area contributed by atoms with Gasteiger partial charge in [-0.05, 0) is 50.1 Å². The van der Waals surface area contributed by atoms with E-state index in [1.807, 2.05) is 13.0 Å². The summed E-state index contributed by atoms with van der Waals surface area (Å²) in [4.78, 5) is 11.7. The summed E-state index contributed by atoms with van der Waals surface area (Å²) in [5.74, 6) is -0.479. The third-order valence-corrected chi connectivity index (χ3v) is 4.97. The lowest BCUT2D eigenvalue weighted by molar-refractivity contribution is 0.557. The van der Waals surface area contributed by atoms with Crippen LogP contribution in [0.4, 0.5) is 4.39 Å². The van der Waals surface area contributed by atoms with Crippen LogP contribution in [0.5, 0.6) is 0 Å². The van der Waals surface area contributed by atoms with Crippen LogP contribution in [-0.4, -0.2) is 19.5 Å². The van der Waals surface area contributed by atoms with Gasteiger partial charge in [0, 0.05) is 24.8 Å². The molecule has 0 aliphatic rings. The van der Waals surface area contributed by atoms with Gasteiger partial charge < -0.3 is 4.57 Å². The molecule has 7 heteroatoms. The van der Waals surface area contributed by atoms with E-state index in [4.69, 9.17) is 0 Å². The van der Waals surface area contributed by atoms with Crippen molar-refractivity contribution >= 4 is 10.0 Å². The minimum Gasteiger partial charge on any atom is -0.313 e. The molecule has 0 amide bonds. The molecule has 23 heavy (non-hydrogen) atoms. The summed E-state index contributed by atoms with van der Waals surface area (Å²) in [5, 5.41) is 0. The molecule has 2 aromatic rings. The Morgan fingerprint density at radius 2 is 1.78 bits per heavy atom. The van der Waals surface area contributed by atoms with E-state index in [0.717, 1.165) is 17.8 Å². The maximum absolute atomic E-state index is 12.8. The van der Waals surface area contributed by atoms with E-state index in [1.54, 1.807) is 10.6 Å². The molecule has 0 saturated carbocycles. The Hall–Kier alpha value is -1.99. The Morgan fingerprint density at radius 1 is 1.09 bits per heavy atom. The Kier molecular flexibility index (Phi) is 5.68. The molecule has 1 aromatic heterocycles. The molecular formula is C16H19FN2O3S. The summed E-state index contributed by atoms with van der Waals surface area (Å²) in [6, 6.07) is 9.75. The standard InChI is InChI=1S/C16H19FN2O3S/c1-13-5-4-6-16(20)19(13)12-3-2-11-18-23(21,22)15-9-7-14(17)8-10-15/h4-10,18H,2-3,11-12H2,1H3. The van der Waals surface area contributed by atoms with Gasteiger partial charge >= 0.3 is 0 Å². The first-order valence-corrected chi connectivity index (χ1v) is 8.80. The van der Waals surface area contributed by atoms with E-state index in [-0.39, 0.29) is 17.0 Å². The zero-order valence-corrected chi connectivity index (χ0v) is 13.6.